The summed E-state index contributed by atoms with van der Waals surface area (Å²) in [6.45, 7) is 12.2. The third kappa shape index (κ3) is 7.61. The van der Waals surface area contributed by atoms with Crippen LogP contribution in [-0.4, -0.2) is 38.4 Å². The third-order valence-corrected chi connectivity index (χ3v) is 4.88. The molecule has 0 heterocycles. The Morgan fingerprint density at radius 3 is 1.62 bits per heavy atom. The second kappa shape index (κ2) is 12.3. The number of hydrogen-bond acceptors (Lipinski definition) is 6. The summed E-state index contributed by atoms with van der Waals surface area (Å²) >= 11 is 0. The number of rotatable bonds is 13. The molecule has 0 saturated carbocycles. The van der Waals surface area contributed by atoms with Gasteiger partial charge in [-0.1, -0.05) is 51.3 Å². The van der Waals surface area contributed by atoms with Crippen LogP contribution in [0, 0.1) is 0 Å². The Balaban J connectivity index is 1.86. The predicted molar refractivity (Wildman–Crippen MR) is 123 cm³/mol. The van der Waals surface area contributed by atoms with E-state index in [4.69, 9.17) is 18.9 Å². The molecule has 32 heavy (non-hydrogen) atoms. The van der Waals surface area contributed by atoms with Crippen molar-refractivity contribution in [3.05, 3.63) is 85.0 Å². The van der Waals surface area contributed by atoms with E-state index in [2.05, 4.69) is 27.0 Å². The Morgan fingerprint density at radius 1 is 0.719 bits per heavy atom. The van der Waals surface area contributed by atoms with E-state index in [9.17, 15) is 9.59 Å². The van der Waals surface area contributed by atoms with Crippen molar-refractivity contribution in [3.63, 3.8) is 0 Å². The summed E-state index contributed by atoms with van der Waals surface area (Å²) in [4.78, 5) is 22.0. The molecule has 0 fully saturated rings. The molecule has 0 radical (unpaired) electrons. The van der Waals surface area contributed by atoms with Crippen LogP contribution in [0.5, 0.6) is 11.5 Å². The van der Waals surface area contributed by atoms with E-state index >= 15 is 0 Å². The second-order valence-corrected chi connectivity index (χ2v) is 7.47. The molecular formula is C26H30O6. The minimum Gasteiger partial charge on any atom is -0.493 e. The van der Waals surface area contributed by atoms with Crippen LogP contribution in [0.4, 0.5) is 0 Å². The summed E-state index contributed by atoms with van der Waals surface area (Å²) in [6.07, 6.45) is 2.88. The number of carbonyl (C=O) groups excluding carboxylic acids is 2. The summed E-state index contributed by atoms with van der Waals surface area (Å²) < 4.78 is 21.1. The van der Waals surface area contributed by atoms with Crippen molar-refractivity contribution in [2.24, 2.45) is 0 Å². The van der Waals surface area contributed by atoms with Gasteiger partial charge in [0.25, 0.3) is 0 Å². The average Bonchev–Trinajstić information content (AvgIpc) is 2.81. The molecule has 0 unspecified atom stereocenters. The molecule has 0 aliphatic carbocycles. The van der Waals surface area contributed by atoms with Crippen molar-refractivity contribution in [1.82, 2.24) is 0 Å². The normalized spacial score (nSPS) is 10.7. The molecule has 0 aliphatic rings. The molecule has 0 saturated heterocycles. The zero-order valence-electron chi connectivity index (χ0n) is 18.7. The first kappa shape index (κ1) is 24.7. The number of hydrogen-bond donors (Lipinski definition) is 0. The lowest BCUT2D eigenvalue weighted by Gasteiger charge is -2.26. The molecule has 2 rings (SSSR count). The van der Waals surface area contributed by atoms with Crippen molar-refractivity contribution in [1.29, 1.82) is 0 Å². The van der Waals surface area contributed by atoms with E-state index in [1.807, 2.05) is 48.5 Å². The van der Waals surface area contributed by atoms with Crippen molar-refractivity contribution in [2.45, 2.75) is 25.7 Å². The molecule has 6 heteroatoms. The molecule has 2 aromatic rings. The smallest absolute Gasteiger partial charge is 0.330 e. The van der Waals surface area contributed by atoms with Crippen LogP contribution >= 0.6 is 0 Å². The Kier molecular flexibility index (Phi) is 9.54. The summed E-state index contributed by atoms with van der Waals surface area (Å²) in [7, 11) is 0. The first-order valence-electron chi connectivity index (χ1n) is 10.4. The van der Waals surface area contributed by atoms with E-state index < -0.39 is 11.9 Å². The summed E-state index contributed by atoms with van der Waals surface area (Å²) in [5.41, 5.74) is 2.07. The lowest BCUT2D eigenvalue weighted by atomic mass is 9.78. The molecule has 0 N–H and O–H groups in total. The quantitative estimate of drug-likeness (QED) is 0.258. The molecule has 2 aromatic carbocycles. The maximum atomic E-state index is 11.0. The molecule has 0 aromatic heterocycles. The number of esters is 2. The van der Waals surface area contributed by atoms with E-state index in [0.29, 0.717) is 25.4 Å². The Morgan fingerprint density at radius 2 is 1.16 bits per heavy atom. The first-order chi connectivity index (χ1) is 15.4. The highest BCUT2D eigenvalue weighted by Crippen LogP contribution is 2.33. The molecule has 6 nitrogen and oxygen atoms in total. The monoisotopic (exact) mass is 438 g/mol. The molecular weight excluding hydrogens is 408 g/mol. The summed E-state index contributed by atoms with van der Waals surface area (Å²) in [5.74, 6) is 0.587. The highest BCUT2D eigenvalue weighted by molar-refractivity contribution is 5.81. The Bertz CT molecular complexity index is 897. The van der Waals surface area contributed by atoms with Crippen LogP contribution in [-0.2, 0) is 24.5 Å². The van der Waals surface area contributed by atoms with Gasteiger partial charge in [0.1, 0.15) is 24.7 Å². The minimum atomic E-state index is -0.462. The lowest BCUT2D eigenvalue weighted by molar-refractivity contribution is -0.139. The van der Waals surface area contributed by atoms with E-state index in [0.717, 1.165) is 29.0 Å². The van der Waals surface area contributed by atoms with Crippen LogP contribution in [0.2, 0.25) is 0 Å². The van der Waals surface area contributed by atoms with Crippen molar-refractivity contribution in [2.75, 3.05) is 26.4 Å². The number of carbonyl (C=O) groups is 2. The fourth-order valence-electron chi connectivity index (χ4n) is 2.94. The van der Waals surface area contributed by atoms with Gasteiger partial charge in [-0.25, -0.2) is 9.59 Å². The minimum absolute atomic E-state index is 0.173. The van der Waals surface area contributed by atoms with Crippen molar-refractivity contribution >= 4 is 11.9 Å². The van der Waals surface area contributed by atoms with Gasteiger partial charge in [0.15, 0.2) is 0 Å². The van der Waals surface area contributed by atoms with Crippen molar-refractivity contribution < 1.29 is 28.5 Å². The average molecular weight is 439 g/mol. The zero-order valence-corrected chi connectivity index (χ0v) is 18.7. The van der Waals surface area contributed by atoms with Crippen LogP contribution in [0.15, 0.2) is 73.8 Å². The first-order valence-corrected chi connectivity index (χ1v) is 10.4. The standard InChI is InChI=1S/C26H30O6/c1-5-24(27)31-17-7-16-29-22-12-8-20(9-13-22)26(3,4)21-10-14-23(15-11-21)30-18-19-32-25(28)6-2/h5-6,8-15H,1-2,7,16-19H2,3-4H3. The van der Waals surface area contributed by atoms with Gasteiger partial charge < -0.3 is 18.9 Å². The molecule has 0 aliphatic heterocycles. The van der Waals surface area contributed by atoms with Crippen LogP contribution in [0.3, 0.4) is 0 Å². The largest absolute Gasteiger partial charge is 0.493 e. The van der Waals surface area contributed by atoms with Gasteiger partial charge >= 0.3 is 11.9 Å². The lowest BCUT2D eigenvalue weighted by Crippen LogP contribution is -2.18. The third-order valence-electron chi connectivity index (χ3n) is 4.88. The molecule has 0 atom stereocenters. The second-order valence-electron chi connectivity index (χ2n) is 7.47. The maximum Gasteiger partial charge on any atom is 0.330 e. The summed E-state index contributed by atoms with van der Waals surface area (Å²) in [5, 5.41) is 0. The topological polar surface area (TPSA) is 71.1 Å². The van der Waals surface area contributed by atoms with Crippen LogP contribution < -0.4 is 9.47 Å². The Hall–Kier alpha value is -3.54. The fourth-order valence-corrected chi connectivity index (χ4v) is 2.94. The predicted octanol–water partition coefficient (Wildman–Crippen LogP) is 4.62. The van der Waals surface area contributed by atoms with E-state index in [1.54, 1.807) is 0 Å². The fraction of sp³-hybridized carbons (Fsp3) is 0.308. The zero-order chi connectivity index (χ0) is 23.4. The number of benzene rings is 2. The SMILES string of the molecule is C=CC(=O)OCCCOc1ccc(C(C)(C)c2ccc(OCCOC(=O)C=C)cc2)cc1. The molecule has 170 valence electrons. The van der Waals surface area contributed by atoms with E-state index in [1.165, 1.54) is 0 Å². The van der Waals surface area contributed by atoms with Crippen molar-refractivity contribution in [3.8, 4) is 11.5 Å². The molecule has 0 bridgehead atoms. The van der Waals surface area contributed by atoms with E-state index in [-0.39, 0.29) is 18.6 Å². The van der Waals surface area contributed by atoms with Gasteiger partial charge in [-0.2, -0.15) is 0 Å². The van der Waals surface area contributed by atoms with Gasteiger partial charge in [-0.15, -0.1) is 0 Å². The molecule has 0 amide bonds. The molecule has 0 spiro atoms. The van der Waals surface area contributed by atoms with Gasteiger partial charge in [-0.3, -0.25) is 0 Å². The maximum absolute atomic E-state index is 11.0. The highest BCUT2D eigenvalue weighted by Gasteiger charge is 2.23. The van der Waals surface area contributed by atoms with Gasteiger partial charge in [0.2, 0.25) is 0 Å². The van der Waals surface area contributed by atoms with Crippen LogP contribution in [0.1, 0.15) is 31.4 Å². The Labute approximate surface area is 189 Å². The number of ether oxygens (including phenoxy) is 4. The van der Waals surface area contributed by atoms with Crippen LogP contribution in [0.25, 0.3) is 0 Å². The van der Waals surface area contributed by atoms with Gasteiger partial charge in [0, 0.05) is 24.0 Å². The van der Waals surface area contributed by atoms with Gasteiger partial charge in [-0.05, 0) is 35.4 Å². The van der Waals surface area contributed by atoms with Gasteiger partial charge in [0.05, 0.1) is 13.2 Å². The summed E-state index contributed by atoms with van der Waals surface area (Å²) in [6, 6.07) is 15.8. The highest BCUT2D eigenvalue weighted by atomic mass is 16.6.